The topological polar surface area (TPSA) is 72.2 Å². The molecule has 0 saturated heterocycles. The van der Waals surface area contributed by atoms with Gasteiger partial charge in [0.15, 0.2) is 5.82 Å². The molecule has 0 unspecified atom stereocenters. The van der Waals surface area contributed by atoms with Crippen LogP contribution in [0.25, 0.3) is 11.0 Å². The number of anilines is 1. The van der Waals surface area contributed by atoms with Crippen LogP contribution in [0.4, 0.5) is 5.82 Å². The van der Waals surface area contributed by atoms with E-state index in [1.165, 1.54) is 0 Å². The van der Waals surface area contributed by atoms with Crippen molar-refractivity contribution in [1.29, 1.82) is 0 Å². The molecule has 2 aromatic rings. The van der Waals surface area contributed by atoms with Crippen LogP contribution in [0, 0.1) is 0 Å². The Hall–Kier alpha value is -1.66. The molecule has 0 saturated carbocycles. The Labute approximate surface area is 106 Å². The number of aliphatic hydroxyl groups excluding tert-OH is 1. The Morgan fingerprint density at radius 3 is 3.11 bits per heavy atom. The zero-order chi connectivity index (χ0) is 12.8. The number of nitrogens with zero attached hydrogens (tertiary/aromatic N) is 3. The van der Waals surface area contributed by atoms with Gasteiger partial charge in [0, 0.05) is 26.4 Å². The van der Waals surface area contributed by atoms with Crippen molar-refractivity contribution in [2.45, 2.75) is 6.42 Å². The average molecular weight is 250 g/mol. The van der Waals surface area contributed by atoms with Gasteiger partial charge in [-0.15, -0.1) is 0 Å². The van der Waals surface area contributed by atoms with Crippen LogP contribution in [0.2, 0.25) is 0 Å². The first-order valence-electron chi connectivity index (χ1n) is 6.01. The molecule has 0 spiro atoms. The van der Waals surface area contributed by atoms with E-state index in [0.29, 0.717) is 13.2 Å². The smallest absolute Gasteiger partial charge is 0.154 e. The quantitative estimate of drug-likeness (QED) is 0.710. The molecule has 18 heavy (non-hydrogen) atoms. The second-order valence-corrected chi connectivity index (χ2v) is 4.00. The summed E-state index contributed by atoms with van der Waals surface area (Å²) in [6.45, 7) is 1.87. The maximum Gasteiger partial charge on any atom is 0.154 e. The normalized spacial score (nSPS) is 11.0. The third-order valence-corrected chi connectivity index (χ3v) is 2.64. The molecule has 2 heterocycles. The van der Waals surface area contributed by atoms with Crippen LogP contribution in [-0.4, -0.2) is 46.0 Å². The molecule has 0 aliphatic rings. The van der Waals surface area contributed by atoms with Gasteiger partial charge in [0.25, 0.3) is 0 Å². The van der Waals surface area contributed by atoms with E-state index in [2.05, 4.69) is 15.3 Å². The van der Waals surface area contributed by atoms with Crippen LogP contribution in [0.5, 0.6) is 0 Å². The van der Waals surface area contributed by atoms with E-state index in [-0.39, 0.29) is 6.61 Å². The summed E-state index contributed by atoms with van der Waals surface area (Å²) in [5.74, 6) is 0.801. The Bertz CT molecular complexity index is 498. The molecule has 2 rings (SSSR count). The molecule has 0 aliphatic carbocycles. The molecule has 98 valence electrons. The summed E-state index contributed by atoms with van der Waals surface area (Å²) >= 11 is 0. The van der Waals surface area contributed by atoms with Crippen molar-refractivity contribution in [3.05, 3.63) is 18.6 Å². The highest BCUT2D eigenvalue weighted by molar-refractivity contribution is 5.85. The molecule has 0 radical (unpaired) electrons. The van der Waals surface area contributed by atoms with E-state index >= 15 is 0 Å². The van der Waals surface area contributed by atoms with Crippen molar-refractivity contribution < 1.29 is 9.84 Å². The van der Waals surface area contributed by atoms with E-state index in [9.17, 15) is 0 Å². The van der Waals surface area contributed by atoms with Gasteiger partial charge < -0.3 is 19.7 Å². The fourth-order valence-corrected chi connectivity index (χ4v) is 1.74. The number of ether oxygens (including phenoxy) is 1. The van der Waals surface area contributed by atoms with Crippen LogP contribution >= 0.6 is 0 Å². The van der Waals surface area contributed by atoms with Gasteiger partial charge in [-0.2, -0.15) is 0 Å². The third-order valence-electron chi connectivity index (χ3n) is 2.64. The van der Waals surface area contributed by atoms with Crippen LogP contribution in [0.15, 0.2) is 18.6 Å². The van der Waals surface area contributed by atoms with E-state index in [1.54, 1.807) is 12.5 Å². The summed E-state index contributed by atoms with van der Waals surface area (Å²) in [7, 11) is 1.96. The molecule has 0 amide bonds. The molecule has 0 aliphatic heterocycles. The molecular weight excluding hydrogens is 232 g/mol. The number of nitrogens with one attached hydrogen (secondary N) is 1. The van der Waals surface area contributed by atoms with Gasteiger partial charge >= 0.3 is 0 Å². The number of imidazole rings is 1. The van der Waals surface area contributed by atoms with Crippen molar-refractivity contribution >= 4 is 16.9 Å². The summed E-state index contributed by atoms with van der Waals surface area (Å²) in [4.78, 5) is 8.61. The summed E-state index contributed by atoms with van der Waals surface area (Å²) in [5, 5.41) is 11.8. The Kier molecular flexibility index (Phi) is 4.49. The van der Waals surface area contributed by atoms with Gasteiger partial charge in [-0.1, -0.05) is 0 Å². The Balaban J connectivity index is 1.88. The lowest BCUT2D eigenvalue weighted by atomic mass is 10.3. The predicted molar refractivity (Wildman–Crippen MR) is 69.5 cm³/mol. The SMILES string of the molecule is Cn1cnc2c(NCCCOCCO)nccc21. The van der Waals surface area contributed by atoms with E-state index in [1.807, 2.05) is 17.7 Å². The number of pyridine rings is 1. The largest absolute Gasteiger partial charge is 0.394 e. The molecule has 2 aromatic heterocycles. The molecule has 0 atom stereocenters. The fourth-order valence-electron chi connectivity index (χ4n) is 1.74. The molecule has 2 N–H and O–H groups in total. The number of fused-ring (bicyclic) bond motifs is 1. The van der Waals surface area contributed by atoms with Gasteiger partial charge in [-0.3, -0.25) is 0 Å². The van der Waals surface area contributed by atoms with Crippen molar-refractivity contribution in [2.24, 2.45) is 7.05 Å². The first-order valence-corrected chi connectivity index (χ1v) is 6.01. The predicted octanol–water partition coefficient (Wildman–Crippen LogP) is 0.779. The lowest BCUT2D eigenvalue weighted by Gasteiger charge is -2.06. The first-order chi connectivity index (χ1) is 8.83. The minimum Gasteiger partial charge on any atom is -0.394 e. The molecule has 0 bridgehead atoms. The summed E-state index contributed by atoms with van der Waals surface area (Å²) < 4.78 is 7.15. The number of rotatable bonds is 7. The third kappa shape index (κ3) is 2.96. The van der Waals surface area contributed by atoms with Crippen molar-refractivity contribution in [3.8, 4) is 0 Å². The van der Waals surface area contributed by atoms with Gasteiger partial charge in [-0.05, 0) is 12.5 Å². The fraction of sp³-hybridized carbons (Fsp3) is 0.500. The average Bonchev–Trinajstić information content (AvgIpc) is 2.77. The van der Waals surface area contributed by atoms with E-state index < -0.39 is 0 Å². The van der Waals surface area contributed by atoms with Crippen LogP contribution in [0.1, 0.15) is 6.42 Å². The highest BCUT2D eigenvalue weighted by Crippen LogP contribution is 2.18. The molecule has 0 aromatic carbocycles. The molecule has 6 heteroatoms. The highest BCUT2D eigenvalue weighted by Gasteiger charge is 2.05. The van der Waals surface area contributed by atoms with Crippen molar-refractivity contribution in [1.82, 2.24) is 14.5 Å². The van der Waals surface area contributed by atoms with Crippen molar-refractivity contribution in [3.63, 3.8) is 0 Å². The van der Waals surface area contributed by atoms with E-state index in [0.717, 1.165) is 29.8 Å². The molecule has 0 fully saturated rings. The van der Waals surface area contributed by atoms with Gasteiger partial charge in [0.05, 0.1) is 25.1 Å². The molecular formula is C12H18N4O2. The highest BCUT2D eigenvalue weighted by atomic mass is 16.5. The maximum atomic E-state index is 8.56. The first kappa shape index (κ1) is 12.8. The number of aryl methyl sites for hydroxylation is 1. The lowest BCUT2D eigenvalue weighted by Crippen LogP contribution is -2.08. The van der Waals surface area contributed by atoms with Gasteiger partial charge in [0.2, 0.25) is 0 Å². The summed E-state index contributed by atoms with van der Waals surface area (Å²) in [6.07, 6.45) is 4.42. The van der Waals surface area contributed by atoms with Crippen molar-refractivity contribution in [2.75, 3.05) is 31.7 Å². The summed E-state index contributed by atoms with van der Waals surface area (Å²) in [5.41, 5.74) is 1.94. The second-order valence-electron chi connectivity index (χ2n) is 4.00. The van der Waals surface area contributed by atoms with Crippen LogP contribution < -0.4 is 5.32 Å². The van der Waals surface area contributed by atoms with Gasteiger partial charge in [0.1, 0.15) is 5.52 Å². The zero-order valence-corrected chi connectivity index (χ0v) is 10.5. The minimum atomic E-state index is 0.0717. The number of hydrogen-bond acceptors (Lipinski definition) is 5. The number of hydrogen-bond donors (Lipinski definition) is 2. The number of aromatic nitrogens is 3. The van der Waals surface area contributed by atoms with Crippen LogP contribution in [-0.2, 0) is 11.8 Å². The lowest BCUT2D eigenvalue weighted by molar-refractivity contribution is 0.0922. The molecule has 6 nitrogen and oxygen atoms in total. The van der Waals surface area contributed by atoms with E-state index in [4.69, 9.17) is 9.84 Å². The van der Waals surface area contributed by atoms with Gasteiger partial charge in [-0.25, -0.2) is 9.97 Å². The monoisotopic (exact) mass is 250 g/mol. The Morgan fingerprint density at radius 2 is 2.28 bits per heavy atom. The maximum absolute atomic E-state index is 8.56. The number of aliphatic hydroxyl groups is 1. The standard InChI is InChI=1S/C12H18N4O2/c1-16-9-15-11-10(16)3-5-14-12(11)13-4-2-7-18-8-6-17/h3,5,9,17H,2,4,6-8H2,1H3,(H,13,14). The summed E-state index contributed by atoms with van der Waals surface area (Å²) in [6, 6.07) is 1.94. The van der Waals surface area contributed by atoms with Crippen LogP contribution in [0.3, 0.4) is 0 Å². The minimum absolute atomic E-state index is 0.0717. The Morgan fingerprint density at radius 1 is 1.39 bits per heavy atom. The second kappa shape index (κ2) is 6.32. The zero-order valence-electron chi connectivity index (χ0n) is 10.5.